The van der Waals surface area contributed by atoms with E-state index in [-0.39, 0.29) is 18.8 Å². The van der Waals surface area contributed by atoms with Crippen LogP contribution in [0.15, 0.2) is 51.0 Å². The molecule has 8 heteroatoms. The van der Waals surface area contributed by atoms with Gasteiger partial charge in [-0.15, -0.1) is 0 Å². The maximum absolute atomic E-state index is 12.8. The van der Waals surface area contributed by atoms with Crippen molar-refractivity contribution in [3.63, 3.8) is 0 Å². The molecule has 2 aromatic rings. The Morgan fingerprint density at radius 2 is 1.77 bits per heavy atom. The molecule has 1 unspecified atom stereocenters. The van der Waals surface area contributed by atoms with E-state index in [1.807, 2.05) is 0 Å². The summed E-state index contributed by atoms with van der Waals surface area (Å²) in [5.41, 5.74) is 1.88. The normalized spacial score (nSPS) is 18.6. The molecule has 0 amide bonds. The number of carbonyl (C=O) groups is 2. The molecule has 1 aromatic carbocycles. The van der Waals surface area contributed by atoms with Crippen molar-refractivity contribution >= 4 is 40.9 Å². The number of benzene rings is 1. The van der Waals surface area contributed by atoms with E-state index in [2.05, 4.69) is 4.99 Å². The highest BCUT2D eigenvalue weighted by atomic mass is 35.5. The summed E-state index contributed by atoms with van der Waals surface area (Å²) in [7, 11) is 0. The number of halogens is 2. The van der Waals surface area contributed by atoms with Crippen LogP contribution in [0.2, 0.25) is 10.0 Å². The maximum Gasteiger partial charge on any atom is 0.336 e. The quantitative estimate of drug-likeness (QED) is 0.503. The van der Waals surface area contributed by atoms with Crippen LogP contribution >= 0.6 is 23.2 Å². The van der Waals surface area contributed by atoms with Gasteiger partial charge in [-0.2, -0.15) is 0 Å². The Morgan fingerprint density at radius 1 is 1.06 bits per heavy atom. The lowest BCUT2D eigenvalue weighted by molar-refractivity contribution is -0.146. The summed E-state index contributed by atoms with van der Waals surface area (Å²) < 4.78 is 16.6. The molecule has 0 aliphatic carbocycles. The minimum absolute atomic E-state index is 0.191. The molecule has 0 fully saturated rings. The molecule has 1 aliphatic heterocycles. The van der Waals surface area contributed by atoms with E-state index in [9.17, 15) is 9.59 Å². The minimum Gasteiger partial charge on any atom is -0.465 e. The molecule has 164 valence electrons. The molecule has 0 radical (unpaired) electrons. The average Bonchev–Trinajstić information content (AvgIpc) is 3.19. The third-order valence-corrected chi connectivity index (χ3v) is 5.83. The summed E-state index contributed by atoms with van der Waals surface area (Å²) in [4.78, 5) is 30.1. The lowest BCUT2D eigenvalue weighted by Crippen LogP contribution is -2.36. The van der Waals surface area contributed by atoms with Crippen LogP contribution in [0.1, 0.15) is 39.4 Å². The molecule has 2 atom stereocenters. The van der Waals surface area contributed by atoms with Crippen LogP contribution in [0.25, 0.3) is 11.3 Å². The van der Waals surface area contributed by atoms with E-state index in [1.54, 1.807) is 58.0 Å². The first-order valence-corrected chi connectivity index (χ1v) is 10.7. The van der Waals surface area contributed by atoms with Crippen molar-refractivity contribution in [2.24, 2.45) is 10.9 Å². The first-order chi connectivity index (χ1) is 14.8. The zero-order chi connectivity index (χ0) is 22.7. The minimum atomic E-state index is -0.822. The second-order valence-corrected chi connectivity index (χ2v) is 7.77. The number of rotatable bonds is 6. The van der Waals surface area contributed by atoms with Crippen LogP contribution in [-0.4, -0.2) is 30.9 Å². The highest BCUT2D eigenvalue weighted by Gasteiger charge is 2.44. The van der Waals surface area contributed by atoms with Gasteiger partial charge in [0, 0.05) is 17.0 Å². The molecule has 31 heavy (non-hydrogen) atoms. The fraction of sp³-hybridized carbons (Fsp3) is 0.348. The van der Waals surface area contributed by atoms with E-state index >= 15 is 0 Å². The Morgan fingerprint density at radius 3 is 2.45 bits per heavy atom. The van der Waals surface area contributed by atoms with Gasteiger partial charge in [-0.1, -0.05) is 29.3 Å². The number of carbonyl (C=O) groups excluding carboxylic acids is 2. The molecular formula is C23H23Cl2NO5. The molecule has 0 N–H and O–H groups in total. The fourth-order valence-corrected chi connectivity index (χ4v) is 4.11. The van der Waals surface area contributed by atoms with Gasteiger partial charge < -0.3 is 13.9 Å². The highest BCUT2D eigenvalue weighted by molar-refractivity contribution is 6.43. The van der Waals surface area contributed by atoms with Gasteiger partial charge in [0.1, 0.15) is 17.4 Å². The van der Waals surface area contributed by atoms with Gasteiger partial charge >= 0.3 is 11.9 Å². The van der Waals surface area contributed by atoms with Crippen LogP contribution in [0.3, 0.4) is 0 Å². The number of hydrogen-bond acceptors (Lipinski definition) is 6. The number of allylic oxidation sites excluding steroid dienone is 1. The molecule has 1 aromatic heterocycles. The fourth-order valence-electron chi connectivity index (χ4n) is 3.71. The Kier molecular flexibility index (Phi) is 7.23. The van der Waals surface area contributed by atoms with Crippen molar-refractivity contribution in [2.75, 3.05) is 13.2 Å². The maximum atomic E-state index is 12.8. The van der Waals surface area contributed by atoms with Crippen LogP contribution in [0.4, 0.5) is 0 Å². The van der Waals surface area contributed by atoms with Crippen LogP contribution in [-0.2, 0) is 19.1 Å². The first kappa shape index (κ1) is 23.1. The van der Waals surface area contributed by atoms with Crippen molar-refractivity contribution in [3.8, 4) is 11.3 Å². The Bertz CT molecular complexity index is 1070. The summed E-state index contributed by atoms with van der Waals surface area (Å²) in [6, 6.07) is 8.67. The van der Waals surface area contributed by atoms with Crippen molar-refractivity contribution in [2.45, 2.75) is 33.6 Å². The van der Waals surface area contributed by atoms with E-state index in [4.69, 9.17) is 37.1 Å². The van der Waals surface area contributed by atoms with Crippen molar-refractivity contribution in [3.05, 3.63) is 57.4 Å². The zero-order valence-electron chi connectivity index (χ0n) is 17.7. The first-order valence-electron chi connectivity index (χ1n) is 9.93. The Balaban J connectivity index is 2.14. The molecule has 6 nitrogen and oxygen atoms in total. The molecule has 0 bridgehead atoms. The highest BCUT2D eigenvalue weighted by Crippen LogP contribution is 2.43. The lowest BCUT2D eigenvalue weighted by atomic mass is 9.78. The summed E-state index contributed by atoms with van der Waals surface area (Å²) in [6.07, 6.45) is 0. The molecule has 1 aliphatic rings. The molecule has 0 spiro atoms. The number of esters is 2. The summed E-state index contributed by atoms with van der Waals surface area (Å²) in [6.45, 7) is 7.28. The van der Waals surface area contributed by atoms with E-state index in [0.717, 1.165) is 0 Å². The van der Waals surface area contributed by atoms with E-state index in [1.165, 1.54) is 0 Å². The van der Waals surface area contributed by atoms with Gasteiger partial charge in [-0.25, -0.2) is 4.79 Å². The standard InChI is InChI=1S/C23H23Cl2NO5/c1-5-29-22(27)18-12(3)26-13(4)19(23(28)30-6-2)20(18)17-11-10-16(31-17)14-8-7-9-15(24)21(14)25/h7-11,18,20H,5-6H2,1-4H3/t18?,20-/m0/s1. The van der Waals surface area contributed by atoms with Crippen molar-refractivity contribution in [1.29, 1.82) is 0 Å². The monoisotopic (exact) mass is 463 g/mol. The van der Waals surface area contributed by atoms with Crippen molar-refractivity contribution < 1.29 is 23.5 Å². The number of aliphatic imine (C=N–C) groups is 1. The predicted octanol–water partition coefficient (Wildman–Crippen LogP) is 5.83. The lowest BCUT2D eigenvalue weighted by Gasteiger charge is -2.29. The van der Waals surface area contributed by atoms with Crippen LogP contribution in [0, 0.1) is 5.92 Å². The second kappa shape index (κ2) is 9.71. The summed E-state index contributed by atoms with van der Waals surface area (Å²) in [5.74, 6) is -1.73. The van der Waals surface area contributed by atoms with E-state index in [0.29, 0.717) is 38.5 Å². The van der Waals surface area contributed by atoms with Crippen molar-refractivity contribution in [1.82, 2.24) is 0 Å². The molecule has 3 rings (SSSR count). The number of hydrogen-bond donors (Lipinski definition) is 0. The molecule has 0 saturated carbocycles. The molecule has 2 heterocycles. The zero-order valence-corrected chi connectivity index (χ0v) is 19.2. The number of nitrogens with zero attached hydrogens (tertiary/aromatic N) is 1. The van der Waals surface area contributed by atoms with Crippen LogP contribution < -0.4 is 0 Å². The van der Waals surface area contributed by atoms with Gasteiger partial charge in [0.15, 0.2) is 0 Å². The van der Waals surface area contributed by atoms with Gasteiger partial charge in [0.05, 0.1) is 34.8 Å². The molecule has 0 saturated heterocycles. The van der Waals surface area contributed by atoms with Crippen LogP contribution in [0.5, 0.6) is 0 Å². The number of ether oxygens (including phenoxy) is 2. The third kappa shape index (κ3) is 4.55. The molecular weight excluding hydrogens is 441 g/mol. The summed E-state index contributed by atoms with van der Waals surface area (Å²) in [5, 5.41) is 0.746. The average molecular weight is 464 g/mol. The van der Waals surface area contributed by atoms with Gasteiger partial charge in [-0.3, -0.25) is 9.79 Å². The number of furan rings is 1. The van der Waals surface area contributed by atoms with Gasteiger partial charge in [0.2, 0.25) is 0 Å². The summed E-state index contributed by atoms with van der Waals surface area (Å²) >= 11 is 12.5. The smallest absolute Gasteiger partial charge is 0.336 e. The predicted molar refractivity (Wildman–Crippen MR) is 119 cm³/mol. The Hall–Kier alpha value is -2.57. The van der Waals surface area contributed by atoms with Gasteiger partial charge in [-0.05, 0) is 52.0 Å². The topological polar surface area (TPSA) is 78.1 Å². The van der Waals surface area contributed by atoms with E-state index < -0.39 is 23.8 Å². The third-order valence-electron chi connectivity index (χ3n) is 5.01. The SMILES string of the molecule is CCOC(=O)C1=C(C)N=C(C)C(C(=O)OCC)[C@@H]1c1ccc(-c2cccc(Cl)c2Cl)o1. The Labute approximate surface area is 190 Å². The second-order valence-electron chi connectivity index (χ2n) is 6.98. The largest absolute Gasteiger partial charge is 0.465 e. The van der Waals surface area contributed by atoms with Gasteiger partial charge in [0.25, 0.3) is 0 Å².